The average Bonchev–Trinajstić information content (AvgIpc) is 2.85. The first kappa shape index (κ1) is 15.6. The van der Waals surface area contributed by atoms with E-state index in [-0.39, 0.29) is 0 Å². The Balaban J connectivity index is 1.80. The van der Waals surface area contributed by atoms with Gasteiger partial charge in [-0.2, -0.15) is 0 Å². The van der Waals surface area contributed by atoms with Crippen LogP contribution in [0.2, 0.25) is 0 Å². The number of nitrogens with one attached hydrogen (secondary N) is 1. The summed E-state index contributed by atoms with van der Waals surface area (Å²) in [4.78, 5) is 0. The molecule has 1 aliphatic rings. The minimum atomic E-state index is 0.419. The molecule has 1 fully saturated rings. The molecular formula is C17H29NO2. The fraction of sp³-hybridized carbons (Fsp3) is 0.765. The van der Waals surface area contributed by atoms with E-state index in [9.17, 15) is 0 Å². The van der Waals surface area contributed by atoms with Crippen molar-refractivity contribution in [2.45, 2.75) is 72.3 Å². The second kappa shape index (κ2) is 7.28. The van der Waals surface area contributed by atoms with Gasteiger partial charge in [0.2, 0.25) is 0 Å². The molecule has 1 aliphatic carbocycles. The first-order valence-corrected chi connectivity index (χ1v) is 7.96. The lowest BCUT2D eigenvalue weighted by atomic mass is 9.80. The van der Waals surface area contributed by atoms with Crippen LogP contribution in [0.1, 0.15) is 58.3 Å². The molecule has 3 nitrogen and oxygen atoms in total. The third-order valence-electron chi connectivity index (χ3n) is 4.53. The molecule has 0 saturated heterocycles. The first-order valence-electron chi connectivity index (χ1n) is 7.96. The minimum absolute atomic E-state index is 0.419. The normalized spacial score (nSPS) is 27.1. The smallest absolute Gasteiger partial charge is 0.123 e. The van der Waals surface area contributed by atoms with Crippen LogP contribution in [0.5, 0.6) is 0 Å². The van der Waals surface area contributed by atoms with Gasteiger partial charge < -0.3 is 14.5 Å². The highest BCUT2D eigenvalue weighted by Crippen LogP contribution is 2.31. The molecule has 1 heterocycles. The number of rotatable bonds is 6. The Hall–Kier alpha value is -0.800. The fourth-order valence-electron chi connectivity index (χ4n) is 2.80. The Labute approximate surface area is 123 Å². The van der Waals surface area contributed by atoms with Crippen molar-refractivity contribution in [3.63, 3.8) is 0 Å². The highest BCUT2D eigenvalue weighted by Gasteiger charge is 2.25. The molecule has 1 aromatic rings. The van der Waals surface area contributed by atoms with Gasteiger partial charge in [-0.3, -0.25) is 0 Å². The van der Waals surface area contributed by atoms with Crippen LogP contribution < -0.4 is 5.32 Å². The van der Waals surface area contributed by atoms with Gasteiger partial charge in [-0.25, -0.2) is 0 Å². The van der Waals surface area contributed by atoms with Crippen LogP contribution in [0.4, 0.5) is 0 Å². The lowest BCUT2D eigenvalue weighted by molar-refractivity contribution is -0.00798. The van der Waals surface area contributed by atoms with Gasteiger partial charge in [-0.1, -0.05) is 27.7 Å². The van der Waals surface area contributed by atoms with Gasteiger partial charge in [0.25, 0.3) is 0 Å². The molecule has 0 aliphatic heterocycles. The third-order valence-corrected chi connectivity index (χ3v) is 4.53. The van der Waals surface area contributed by atoms with Crippen LogP contribution in [-0.4, -0.2) is 12.1 Å². The largest absolute Gasteiger partial charge is 0.468 e. The summed E-state index contributed by atoms with van der Waals surface area (Å²) in [6, 6.07) is 2.50. The summed E-state index contributed by atoms with van der Waals surface area (Å²) in [6.07, 6.45) is 5.87. The topological polar surface area (TPSA) is 34.4 Å². The summed E-state index contributed by atoms with van der Waals surface area (Å²) in [6.45, 7) is 10.4. The van der Waals surface area contributed by atoms with Crippen molar-refractivity contribution in [3.05, 3.63) is 23.7 Å². The SMILES string of the molecule is CC(C)NCc1occc1COC1CCC(C)C(C)C1. The van der Waals surface area contributed by atoms with Crippen molar-refractivity contribution in [1.82, 2.24) is 5.32 Å². The van der Waals surface area contributed by atoms with Gasteiger partial charge >= 0.3 is 0 Å². The molecule has 114 valence electrons. The molecule has 1 aromatic heterocycles. The fourth-order valence-corrected chi connectivity index (χ4v) is 2.80. The zero-order valence-corrected chi connectivity index (χ0v) is 13.3. The maximum Gasteiger partial charge on any atom is 0.123 e. The van der Waals surface area contributed by atoms with Crippen molar-refractivity contribution < 1.29 is 9.15 Å². The molecule has 2 rings (SSSR count). The van der Waals surface area contributed by atoms with Gasteiger partial charge in [0.05, 0.1) is 25.5 Å². The molecule has 20 heavy (non-hydrogen) atoms. The van der Waals surface area contributed by atoms with E-state index in [2.05, 4.69) is 33.0 Å². The summed E-state index contributed by atoms with van der Waals surface area (Å²) >= 11 is 0. The zero-order chi connectivity index (χ0) is 14.5. The van der Waals surface area contributed by atoms with E-state index in [4.69, 9.17) is 9.15 Å². The van der Waals surface area contributed by atoms with E-state index < -0.39 is 0 Å². The van der Waals surface area contributed by atoms with E-state index in [1.54, 1.807) is 6.26 Å². The highest BCUT2D eigenvalue weighted by atomic mass is 16.5. The summed E-state index contributed by atoms with van der Waals surface area (Å²) < 4.78 is 11.7. The maximum absolute atomic E-state index is 6.11. The summed E-state index contributed by atoms with van der Waals surface area (Å²) in [7, 11) is 0. The quantitative estimate of drug-likeness (QED) is 0.850. The average molecular weight is 279 g/mol. The summed E-state index contributed by atoms with van der Waals surface area (Å²) in [5, 5.41) is 3.39. The van der Waals surface area contributed by atoms with E-state index >= 15 is 0 Å². The van der Waals surface area contributed by atoms with E-state index in [0.29, 0.717) is 18.8 Å². The number of hydrogen-bond acceptors (Lipinski definition) is 3. The van der Waals surface area contributed by atoms with Gasteiger partial charge in [-0.05, 0) is 37.2 Å². The van der Waals surface area contributed by atoms with Crippen molar-refractivity contribution >= 4 is 0 Å². The molecule has 0 bridgehead atoms. The highest BCUT2D eigenvalue weighted by molar-refractivity contribution is 5.16. The lowest BCUT2D eigenvalue weighted by Crippen LogP contribution is -2.27. The van der Waals surface area contributed by atoms with Gasteiger partial charge in [0, 0.05) is 11.6 Å². The Morgan fingerprint density at radius 1 is 1.30 bits per heavy atom. The maximum atomic E-state index is 6.11. The molecular weight excluding hydrogens is 250 g/mol. The summed E-state index contributed by atoms with van der Waals surface area (Å²) in [5.74, 6) is 2.63. The Kier molecular flexibility index (Phi) is 5.67. The Bertz CT molecular complexity index is 399. The predicted molar refractivity (Wildman–Crippen MR) is 81.4 cm³/mol. The molecule has 3 heteroatoms. The van der Waals surface area contributed by atoms with Crippen LogP contribution in [0.15, 0.2) is 16.7 Å². The van der Waals surface area contributed by atoms with Crippen molar-refractivity contribution in [1.29, 1.82) is 0 Å². The number of ether oxygens (including phenoxy) is 1. The molecule has 0 amide bonds. The van der Waals surface area contributed by atoms with Crippen LogP contribution in [-0.2, 0) is 17.9 Å². The monoisotopic (exact) mass is 279 g/mol. The molecule has 1 N–H and O–H groups in total. The Morgan fingerprint density at radius 2 is 2.10 bits per heavy atom. The van der Waals surface area contributed by atoms with Crippen LogP contribution in [0.3, 0.4) is 0 Å². The van der Waals surface area contributed by atoms with Gasteiger partial charge in [-0.15, -0.1) is 0 Å². The molecule has 1 saturated carbocycles. The molecule has 3 atom stereocenters. The molecule has 0 spiro atoms. The first-order chi connectivity index (χ1) is 9.56. The molecule has 0 aromatic carbocycles. The number of furan rings is 1. The number of hydrogen-bond donors (Lipinski definition) is 1. The Morgan fingerprint density at radius 3 is 2.80 bits per heavy atom. The molecule has 0 radical (unpaired) electrons. The van der Waals surface area contributed by atoms with Crippen molar-refractivity contribution in [2.24, 2.45) is 11.8 Å². The van der Waals surface area contributed by atoms with Crippen molar-refractivity contribution in [2.75, 3.05) is 0 Å². The van der Waals surface area contributed by atoms with Crippen LogP contribution in [0, 0.1) is 11.8 Å². The zero-order valence-electron chi connectivity index (χ0n) is 13.3. The second-order valence-electron chi connectivity index (χ2n) is 6.61. The lowest BCUT2D eigenvalue weighted by Gasteiger charge is -2.31. The van der Waals surface area contributed by atoms with E-state index in [1.807, 2.05) is 6.07 Å². The van der Waals surface area contributed by atoms with E-state index in [1.165, 1.54) is 24.8 Å². The van der Waals surface area contributed by atoms with Gasteiger partial charge in [0.1, 0.15) is 5.76 Å². The van der Waals surface area contributed by atoms with Crippen LogP contribution >= 0.6 is 0 Å². The van der Waals surface area contributed by atoms with Gasteiger partial charge in [0.15, 0.2) is 0 Å². The van der Waals surface area contributed by atoms with Crippen LogP contribution in [0.25, 0.3) is 0 Å². The molecule has 3 unspecified atom stereocenters. The second-order valence-corrected chi connectivity index (χ2v) is 6.61. The minimum Gasteiger partial charge on any atom is -0.468 e. The standard InChI is InChI=1S/C17H29NO2/c1-12(2)18-10-17-15(7-8-19-17)11-20-16-6-5-13(3)14(4)9-16/h7-8,12-14,16,18H,5-6,9-11H2,1-4H3. The van der Waals surface area contributed by atoms with E-state index in [0.717, 1.165) is 24.1 Å². The summed E-state index contributed by atoms with van der Waals surface area (Å²) in [5.41, 5.74) is 1.18. The third kappa shape index (κ3) is 4.35. The predicted octanol–water partition coefficient (Wildman–Crippen LogP) is 4.12. The van der Waals surface area contributed by atoms with Crippen molar-refractivity contribution in [3.8, 4) is 0 Å².